The van der Waals surface area contributed by atoms with Crippen LogP contribution in [0.3, 0.4) is 0 Å². The van der Waals surface area contributed by atoms with Gasteiger partial charge in [-0.15, -0.1) is 0 Å². The number of pyridine rings is 1. The number of hydrogen-bond donors (Lipinski definition) is 1. The van der Waals surface area contributed by atoms with Crippen LogP contribution in [0.4, 0.5) is 15.9 Å². The van der Waals surface area contributed by atoms with Gasteiger partial charge in [-0.3, -0.25) is 0 Å². The van der Waals surface area contributed by atoms with Crippen molar-refractivity contribution in [2.24, 2.45) is 0 Å². The highest BCUT2D eigenvalue weighted by Gasteiger charge is 2.21. The highest BCUT2D eigenvalue weighted by atomic mass is 32.2. The summed E-state index contributed by atoms with van der Waals surface area (Å²) in [5.74, 6) is 0.612. The van der Waals surface area contributed by atoms with E-state index in [1.54, 1.807) is 18.3 Å². The van der Waals surface area contributed by atoms with Crippen LogP contribution < -0.4 is 14.5 Å². The van der Waals surface area contributed by atoms with Crippen LogP contribution in [0.2, 0.25) is 0 Å². The van der Waals surface area contributed by atoms with E-state index in [0.29, 0.717) is 13.1 Å². The van der Waals surface area contributed by atoms with Gasteiger partial charge in [0.2, 0.25) is 0 Å². The lowest BCUT2D eigenvalue weighted by Gasteiger charge is -2.36. The largest absolute Gasteiger partial charge is 0.368 e. The van der Waals surface area contributed by atoms with Crippen LogP contribution in [0.1, 0.15) is 32.3 Å². The van der Waals surface area contributed by atoms with Crippen molar-refractivity contribution < 1.29 is 12.8 Å². The average Bonchev–Trinajstić information content (AvgIpc) is 2.78. The summed E-state index contributed by atoms with van der Waals surface area (Å²) in [7, 11) is -3.51. The lowest BCUT2D eigenvalue weighted by molar-refractivity contribution is 0.401. The van der Waals surface area contributed by atoms with Gasteiger partial charge < -0.3 is 9.80 Å². The highest BCUT2D eigenvalue weighted by Crippen LogP contribution is 2.20. The summed E-state index contributed by atoms with van der Waals surface area (Å²) in [6.45, 7) is 8.43. The molecule has 0 atom stereocenters. The molecule has 0 unspecified atom stereocenters. The number of hydrogen-bond acceptors (Lipinski definition) is 5. The summed E-state index contributed by atoms with van der Waals surface area (Å²) < 4.78 is 42.6. The number of halogens is 1. The normalized spacial score (nSPS) is 15.0. The molecule has 2 heterocycles. The van der Waals surface area contributed by atoms with Gasteiger partial charge in [-0.2, -0.15) is 17.4 Å². The van der Waals surface area contributed by atoms with Crippen LogP contribution in [-0.2, 0) is 16.8 Å². The highest BCUT2D eigenvalue weighted by molar-refractivity contribution is 7.87. The first-order chi connectivity index (χ1) is 14.9. The van der Waals surface area contributed by atoms with E-state index in [4.69, 9.17) is 0 Å². The molecule has 1 aromatic heterocycles. The minimum atomic E-state index is -3.51. The molecular formula is C22H32FN5O2S. The first-order valence-corrected chi connectivity index (χ1v) is 12.3. The molecule has 7 nitrogen and oxygen atoms in total. The van der Waals surface area contributed by atoms with E-state index in [0.717, 1.165) is 56.1 Å². The zero-order valence-electron chi connectivity index (χ0n) is 18.3. The Kier molecular flexibility index (Phi) is 8.22. The molecule has 9 heteroatoms. The Hall–Kier alpha value is -2.23. The fourth-order valence-electron chi connectivity index (χ4n) is 3.71. The first kappa shape index (κ1) is 23.4. The molecule has 0 aliphatic carbocycles. The summed E-state index contributed by atoms with van der Waals surface area (Å²) in [5.41, 5.74) is 1.89. The first-order valence-electron chi connectivity index (χ1n) is 10.9. The Bertz CT molecular complexity index is 925. The molecule has 31 heavy (non-hydrogen) atoms. The van der Waals surface area contributed by atoms with Gasteiger partial charge in [0.15, 0.2) is 0 Å². The zero-order chi connectivity index (χ0) is 22.3. The smallest absolute Gasteiger partial charge is 0.279 e. The average molecular weight is 450 g/mol. The second-order valence-corrected chi connectivity index (χ2v) is 9.45. The van der Waals surface area contributed by atoms with Gasteiger partial charge in [0.1, 0.15) is 11.6 Å². The van der Waals surface area contributed by atoms with E-state index < -0.39 is 10.2 Å². The summed E-state index contributed by atoms with van der Waals surface area (Å²) in [6.07, 6.45) is 3.29. The minimum absolute atomic E-state index is 0.230. The topological polar surface area (TPSA) is 68.8 Å². The van der Waals surface area contributed by atoms with Gasteiger partial charge in [-0.25, -0.2) is 9.37 Å². The Morgan fingerprint density at radius 2 is 1.61 bits per heavy atom. The molecular weight excluding hydrogens is 417 g/mol. The van der Waals surface area contributed by atoms with Crippen molar-refractivity contribution in [1.82, 2.24) is 14.0 Å². The van der Waals surface area contributed by atoms with Gasteiger partial charge >= 0.3 is 0 Å². The maximum absolute atomic E-state index is 13.2. The maximum Gasteiger partial charge on any atom is 0.279 e. The number of benzene rings is 1. The van der Waals surface area contributed by atoms with Crippen LogP contribution in [0.15, 0.2) is 42.6 Å². The molecule has 0 bridgehead atoms. The Balaban J connectivity index is 1.58. The number of anilines is 2. The fraction of sp³-hybridized carbons (Fsp3) is 0.500. The van der Waals surface area contributed by atoms with Gasteiger partial charge in [0, 0.05) is 57.7 Å². The van der Waals surface area contributed by atoms with Crippen LogP contribution in [0.5, 0.6) is 0 Å². The molecule has 1 aliphatic rings. The summed E-state index contributed by atoms with van der Waals surface area (Å²) >= 11 is 0. The number of aromatic nitrogens is 1. The number of nitrogens with zero attached hydrogens (tertiary/aromatic N) is 4. The molecule has 0 amide bonds. The zero-order valence-corrected chi connectivity index (χ0v) is 19.1. The van der Waals surface area contributed by atoms with E-state index >= 15 is 0 Å². The lowest BCUT2D eigenvalue weighted by atomic mass is 10.2. The van der Waals surface area contributed by atoms with Crippen molar-refractivity contribution in [3.63, 3.8) is 0 Å². The summed E-state index contributed by atoms with van der Waals surface area (Å²) in [5, 5.41) is 0. The van der Waals surface area contributed by atoms with Crippen LogP contribution in [-0.4, -0.2) is 57.0 Å². The third kappa shape index (κ3) is 6.38. The van der Waals surface area contributed by atoms with Crippen molar-refractivity contribution in [3.8, 4) is 0 Å². The van der Waals surface area contributed by atoms with E-state index in [-0.39, 0.29) is 12.4 Å². The third-order valence-electron chi connectivity index (χ3n) is 5.35. The Morgan fingerprint density at radius 3 is 2.23 bits per heavy atom. The molecule has 3 rings (SSSR count). The molecule has 170 valence electrons. The van der Waals surface area contributed by atoms with Crippen molar-refractivity contribution in [2.45, 2.75) is 33.2 Å². The molecule has 1 fully saturated rings. The number of nitrogens with one attached hydrogen (secondary N) is 1. The SMILES string of the molecule is CCCN(CCC)S(=O)(=O)NCc1ccnc(N2CCN(c3ccc(F)cc3)CC2)c1. The standard InChI is InChI=1S/C22H32FN5O2S/c1-3-11-28(12-4-2)31(29,30)25-18-19-9-10-24-22(17-19)27-15-13-26(14-16-27)21-7-5-20(23)6-8-21/h5-10,17,25H,3-4,11-16,18H2,1-2H3. The lowest BCUT2D eigenvalue weighted by Crippen LogP contribution is -2.46. The molecule has 0 spiro atoms. The molecule has 1 aromatic carbocycles. The van der Waals surface area contributed by atoms with Gasteiger partial charge in [0.25, 0.3) is 10.2 Å². The van der Waals surface area contributed by atoms with Crippen LogP contribution >= 0.6 is 0 Å². The number of rotatable bonds is 10. The molecule has 1 N–H and O–H groups in total. The van der Waals surface area contributed by atoms with Gasteiger partial charge in [-0.05, 0) is 54.8 Å². The van der Waals surface area contributed by atoms with Crippen molar-refractivity contribution in [1.29, 1.82) is 0 Å². The van der Waals surface area contributed by atoms with Crippen LogP contribution in [0.25, 0.3) is 0 Å². The molecule has 2 aromatic rings. The monoisotopic (exact) mass is 449 g/mol. The van der Waals surface area contributed by atoms with E-state index in [9.17, 15) is 12.8 Å². The van der Waals surface area contributed by atoms with E-state index in [1.165, 1.54) is 16.4 Å². The third-order valence-corrected chi connectivity index (χ3v) is 6.90. The molecule has 1 aliphatic heterocycles. The van der Waals surface area contributed by atoms with E-state index in [1.807, 2.05) is 26.0 Å². The van der Waals surface area contributed by atoms with Crippen molar-refractivity contribution in [2.75, 3.05) is 49.1 Å². The predicted molar refractivity (Wildman–Crippen MR) is 123 cm³/mol. The van der Waals surface area contributed by atoms with Gasteiger partial charge in [0.05, 0.1) is 0 Å². The Labute approximate surface area is 185 Å². The molecule has 0 radical (unpaired) electrons. The fourth-order valence-corrected chi connectivity index (χ4v) is 5.08. The van der Waals surface area contributed by atoms with E-state index in [2.05, 4.69) is 19.5 Å². The number of piperazine rings is 1. The second kappa shape index (κ2) is 10.9. The summed E-state index contributed by atoms with van der Waals surface area (Å²) in [6, 6.07) is 10.4. The van der Waals surface area contributed by atoms with Crippen LogP contribution in [0, 0.1) is 5.82 Å². The Morgan fingerprint density at radius 1 is 1.00 bits per heavy atom. The van der Waals surface area contributed by atoms with Gasteiger partial charge in [-0.1, -0.05) is 13.8 Å². The maximum atomic E-state index is 13.2. The van der Waals surface area contributed by atoms with Crippen molar-refractivity contribution in [3.05, 3.63) is 54.0 Å². The summed E-state index contributed by atoms with van der Waals surface area (Å²) in [4.78, 5) is 8.90. The predicted octanol–water partition coefficient (Wildman–Crippen LogP) is 3.00. The molecule has 1 saturated heterocycles. The minimum Gasteiger partial charge on any atom is -0.368 e. The second-order valence-electron chi connectivity index (χ2n) is 7.70. The van der Waals surface area contributed by atoms with Crippen molar-refractivity contribution >= 4 is 21.7 Å². The molecule has 0 saturated carbocycles. The quantitative estimate of drug-likeness (QED) is 0.604.